The van der Waals surface area contributed by atoms with Crippen LogP contribution >= 0.6 is 0 Å². The summed E-state index contributed by atoms with van der Waals surface area (Å²) in [5.74, 6) is 0.563. The maximum atomic E-state index is 4.23. The van der Waals surface area contributed by atoms with E-state index >= 15 is 0 Å². The number of aryl methyl sites for hydroxylation is 2. The van der Waals surface area contributed by atoms with Crippen molar-refractivity contribution in [2.75, 3.05) is 0 Å². The Morgan fingerprint density at radius 1 is 1.19 bits per heavy atom. The molecule has 2 heteroatoms. The van der Waals surface area contributed by atoms with Crippen molar-refractivity contribution in [1.29, 1.82) is 0 Å². The van der Waals surface area contributed by atoms with Crippen molar-refractivity contribution >= 4 is 0 Å². The highest BCUT2D eigenvalue weighted by Crippen LogP contribution is 2.26. The number of aromatic nitrogens is 2. The Hall–Kier alpha value is -1.57. The second-order valence-corrected chi connectivity index (χ2v) is 4.57. The molecule has 2 aromatic rings. The summed E-state index contributed by atoms with van der Waals surface area (Å²) in [6.45, 7) is 6.59. The molecule has 0 radical (unpaired) electrons. The van der Waals surface area contributed by atoms with Crippen LogP contribution in [0.1, 0.15) is 30.9 Å². The molecule has 0 aliphatic heterocycles. The summed E-state index contributed by atoms with van der Waals surface area (Å²) < 4.78 is 1.92. The van der Waals surface area contributed by atoms with E-state index in [1.54, 1.807) is 0 Å². The summed E-state index contributed by atoms with van der Waals surface area (Å²) in [5.41, 5.74) is 5.14. The van der Waals surface area contributed by atoms with Crippen LogP contribution in [0.15, 0.2) is 30.5 Å². The Bertz CT molecular complexity index is 495. The van der Waals surface area contributed by atoms with Crippen molar-refractivity contribution in [1.82, 2.24) is 9.78 Å². The van der Waals surface area contributed by atoms with Gasteiger partial charge in [0, 0.05) is 18.8 Å². The Morgan fingerprint density at radius 3 is 2.50 bits per heavy atom. The zero-order chi connectivity index (χ0) is 11.7. The maximum absolute atomic E-state index is 4.23. The van der Waals surface area contributed by atoms with Gasteiger partial charge in [0.05, 0.1) is 5.69 Å². The predicted octanol–water partition coefficient (Wildman–Crippen LogP) is 3.52. The van der Waals surface area contributed by atoms with E-state index in [9.17, 15) is 0 Å². The first kappa shape index (κ1) is 10.9. The van der Waals surface area contributed by atoms with Gasteiger partial charge >= 0.3 is 0 Å². The molecular formula is C14H18N2. The third-order valence-corrected chi connectivity index (χ3v) is 3.03. The van der Waals surface area contributed by atoms with Gasteiger partial charge in [-0.05, 0) is 36.1 Å². The van der Waals surface area contributed by atoms with E-state index < -0.39 is 0 Å². The molecule has 2 nitrogen and oxygen atoms in total. The number of hydrogen-bond donors (Lipinski definition) is 0. The smallest absolute Gasteiger partial charge is 0.0681 e. The van der Waals surface area contributed by atoms with Crippen molar-refractivity contribution in [3.8, 4) is 11.3 Å². The lowest BCUT2D eigenvalue weighted by molar-refractivity contribution is 0.774. The fourth-order valence-electron chi connectivity index (χ4n) is 1.91. The van der Waals surface area contributed by atoms with E-state index in [0.717, 1.165) is 0 Å². The van der Waals surface area contributed by atoms with Crippen molar-refractivity contribution in [2.45, 2.75) is 26.7 Å². The molecule has 2 rings (SSSR count). The highest BCUT2D eigenvalue weighted by molar-refractivity contribution is 5.64. The van der Waals surface area contributed by atoms with Gasteiger partial charge in [0.1, 0.15) is 0 Å². The van der Waals surface area contributed by atoms with Crippen molar-refractivity contribution in [3.05, 3.63) is 41.6 Å². The van der Waals surface area contributed by atoms with Crippen LogP contribution < -0.4 is 0 Å². The van der Waals surface area contributed by atoms with Crippen LogP contribution in [0.4, 0.5) is 0 Å². The molecule has 0 saturated heterocycles. The zero-order valence-electron chi connectivity index (χ0n) is 10.4. The molecule has 1 aromatic heterocycles. The standard InChI is InChI=1S/C14H18N2/c1-10(2)12-6-5-11(3)13(9-12)14-7-8-15-16(14)4/h5-10H,1-4H3. The Morgan fingerprint density at radius 2 is 1.94 bits per heavy atom. The lowest BCUT2D eigenvalue weighted by Crippen LogP contribution is -1.97. The topological polar surface area (TPSA) is 17.8 Å². The van der Waals surface area contributed by atoms with Crippen molar-refractivity contribution in [3.63, 3.8) is 0 Å². The van der Waals surface area contributed by atoms with Gasteiger partial charge in [-0.3, -0.25) is 4.68 Å². The molecular weight excluding hydrogens is 196 g/mol. The number of benzene rings is 1. The van der Waals surface area contributed by atoms with Crippen LogP contribution in [-0.4, -0.2) is 9.78 Å². The van der Waals surface area contributed by atoms with Gasteiger partial charge < -0.3 is 0 Å². The maximum Gasteiger partial charge on any atom is 0.0681 e. The summed E-state index contributed by atoms with van der Waals surface area (Å²) in [4.78, 5) is 0. The fraction of sp³-hybridized carbons (Fsp3) is 0.357. The van der Waals surface area contributed by atoms with E-state index in [2.05, 4.69) is 50.1 Å². The Balaban J connectivity index is 2.56. The first-order chi connectivity index (χ1) is 7.59. The summed E-state index contributed by atoms with van der Waals surface area (Å²) in [5, 5.41) is 4.23. The predicted molar refractivity (Wildman–Crippen MR) is 67.5 cm³/mol. The quantitative estimate of drug-likeness (QED) is 0.748. The van der Waals surface area contributed by atoms with Gasteiger partial charge in [-0.25, -0.2) is 0 Å². The molecule has 0 amide bonds. The Kier molecular flexibility index (Phi) is 2.82. The average molecular weight is 214 g/mol. The third kappa shape index (κ3) is 1.87. The van der Waals surface area contributed by atoms with E-state index in [-0.39, 0.29) is 0 Å². The lowest BCUT2D eigenvalue weighted by Gasteiger charge is -2.11. The van der Waals surface area contributed by atoms with Crippen LogP contribution in [0, 0.1) is 6.92 Å². The van der Waals surface area contributed by atoms with Crippen molar-refractivity contribution < 1.29 is 0 Å². The first-order valence-corrected chi connectivity index (χ1v) is 5.68. The number of nitrogens with zero attached hydrogens (tertiary/aromatic N) is 2. The number of rotatable bonds is 2. The molecule has 1 aromatic carbocycles. The van der Waals surface area contributed by atoms with Gasteiger partial charge in [0.15, 0.2) is 0 Å². The second kappa shape index (κ2) is 4.12. The summed E-state index contributed by atoms with van der Waals surface area (Å²) in [7, 11) is 1.98. The zero-order valence-corrected chi connectivity index (χ0v) is 10.4. The van der Waals surface area contributed by atoms with Crippen LogP contribution in [-0.2, 0) is 7.05 Å². The van der Waals surface area contributed by atoms with Gasteiger partial charge in [-0.15, -0.1) is 0 Å². The minimum atomic E-state index is 0.563. The molecule has 0 unspecified atom stereocenters. The summed E-state index contributed by atoms with van der Waals surface area (Å²) in [6, 6.07) is 8.74. The molecule has 0 bridgehead atoms. The van der Waals surface area contributed by atoms with E-state index in [0.29, 0.717) is 5.92 Å². The highest BCUT2D eigenvalue weighted by atomic mass is 15.3. The minimum absolute atomic E-state index is 0.563. The summed E-state index contributed by atoms with van der Waals surface area (Å²) in [6.07, 6.45) is 1.84. The molecule has 0 saturated carbocycles. The van der Waals surface area contributed by atoms with E-state index in [1.165, 1.54) is 22.4 Å². The monoisotopic (exact) mass is 214 g/mol. The number of hydrogen-bond acceptors (Lipinski definition) is 1. The Labute approximate surface area is 96.9 Å². The minimum Gasteiger partial charge on any atom is -0.268 e. The van der Waals surface area contributed by atoms with E-state index in [4.69, 9.17) is 0 Å². The molecule has 0 spiro atoms. The first-order valence-electron chi connectivity index (χ1n) is 5.68. The van der Waals surface area contributed by atoms with Gasteiger partial charge in [0.2, 0.25) is 0 Å². The molecule has 0 N–H and O–H groups in total. The van der Waals surface area contributed by atoms with Crippen LogP contribution in [0.2, 0.25) is 0 Å². The highest BCUT2D eigenvalue weighted by Gasteiger charge is 2.08. The fourth-order valence-corrected chi connectivity index (χ4v) is 1.91. The molecule has 0 aliphatic rings. The molecule has 0 atom stereocenters. The van der Waals surface area contributed by atoms with Gasteiger partial charge in [-0.1, -0.05) is 26.0 Å². The van der Waals surface area contributed by atoms with Gasteiger partial charge in [-0.2, -0.15) is 5.10 Å². The molecule has 84 valence electrons. The molecule has 0 aliphatic carbocycles. The van der Waals surface area contributed by atoms with Crippen LogP contribution in [0.5, 0.6) is 0 Å². The molecule has 16 heavy (non-hydrogen) atoms. The van der Waals surface area contributed by atoms with Crippen LogP contribution in [0.25, 0.3) is 11.3 Å². The SMILES string of the molecule is Cc1ccc(C(C)C)cc1-c1ccnn1C. The average Bonchev–Trinajstić information content (AvgIpc) is 2.65. The van der Waals surface area contributed by atoms with Gasteiger partial charge in [0.25, 0.3) is 0 Å². The largest absolute Gasteiger partial charge is 0.268 e. The second-order valence-electron chi connectivity index (χ2n) is 4.57. The normalized spacial score (nSPS) is 11.1. The summed E-state index contributed by atoms with van der Waals surface area (Å²) >= 11 is 0. The van der Waals surface area contributed by atoms with Crippen molar-refractivity contribution in [2.24, 2.45) is 7.05 Å². The third-order valence-electron chi connectivity index (χ3n) is 3.03. The van der Waals surface area contributed by atoms with E-state index in [1.807, 2.05) is 17.9 Å². The lowest BCUT2D eigenvalue weighted by atomic mass is 9.96. The molecule has 0 fully saturated rings. The van der Waals surface area contributed by atoms with Crippen LogP contribution in [0.3, 0.4) is 0 Å². The molecule has 1 heterocycles.